The number of fused-ring (bicyclic) bond motifs is 2. The maximum absolute atomic E-state index is 13.1. The normalized spacial score (nSPS) is 48.0. The number of hydrogen-bond donors (Lipinski definition) is 1. The number of ether oxygens (including phenoxy) is 4. The van der Waals surface area contributed by atoms with Crippen molar-refractivity contribution in [1.82, 2.24) is 0 Å². The largest absolute Gasteiger partial charge is 0.459 e. The Morgan fingerprint density at radius 3 is 2.38 bits per heavy atom. The van der Waals surface area contributed by atoms with Crippen molar-refractivity contribution < 1.29 is 38.4 Å². The fourth-order valence-electron chi connectivity index (χ4n) is 6.50. The average Bonchev–Trinajstić information content (AvgIpc) is 2.98. The van der Waals surface area contributed by atoms with Crippen LogP contribution >= 0.6 is 0 Å². The van der Waals surface area contributed by atoms with Crippen molar-refractivity contribution in [2.75, 3.05) is 6.61 Å². The van der Waals surface area contributed by atoms with Crippen LogP contribution in [-0.4, -0.2) is 65.1 Å². The molecule has 0 spiro atoms. The van der Waals surface area contributed by atoms with E-state index in [1.807, 2.05) is 20.8 Å². The third-order valence-electron chi connectivity index (χ3n) is 7.95. The predicted molar refractivity (Wildman–Crippen MR) is 112 cm³/mol. The summed E-state index contributed by atoms with van der Waals surface area (Å²) in [5.74, 6) is -1.52. The zero-order chi connectivity index (χ0) is 23.6. The molecule has 32 heavy (non-hydrogen) atoms. The van der Waals surface area contributed by atoms with Gasteiger partial charge in [-0.2, -0.15) is 0 Å². The van der Waals surface area contributed by atoms with Crippen molar-refractivity contribution in [3.63, 3.8) is 0 Å². The number of rotatable bonds is 2. The van der Waals surface area contributed by atoms with Gasteiger partial charge in [0.1, 0.15) is 23.4 Å². The lowest BCUT2D eigenvalue weighted by Crippen LogP contribution is -2.58. The van der Waals surface area contributed by atoms with Crippen molar-refractivity contribution in [2.24, 2.45) is 23.7 Å². The maximum Gasteiger partial charge on any atom is 0.303 e. The van der Waals surface area contributed by atoms with Crippen LogP contribution in [0, 0.1) is 23.7 Å². The summed E-state index contributed by atoms with van der Waals surface area (Å²) in [6, 6.07) is 0. The van der Waals surface area contributed by atoms with Crippen LogP contribution in [0.4, 0.5) is 0 Å². The van der Waals surface area contributed by atoms with Gasteiger partial charge in [0.15, 0.2) is 5.78 Å². The lowest BCUT2D eigenvalue weighted by atomic mass is 9.62. The van der Waals surface area contributed by atoms with Crippen molar-refractivity contribution in [3.05, 3.63) is 11.6 Å². The van der Waals surface area contributed by atoms with Gasteiger partial charge in [-0.3, -0.25) is 14.4 Å². The van der Waals surface area contributed by atoms with E-state index in [-0.39, 0.29) is 42.3 Å². The first-order valence-electron chi connectivity index (χ1n) is 11.4. The first kappa shape index (κ1) is 23.4. The van der Waals surface area contributed by atoms with Gasteiger partial charge in [-0.25, -0.2) is 0 Å². The Balaban J connectivity index is 1.89. The fourth-order valence-corrected chi connectivity index (χ4v) is 6.50. The van der Waals surface area contributed by atoms with Crippen molar-refractivity contribution in [2.45, 2.75) is 90.0 Å². The van der Waals surface area contributed by atoms with Gasteiger partial charge in [0.25, 0.3) is 0 Å². The molecule has 2 bridgehead atoms. The summed E-state index contributed by atoms with van der Waals surface area (Å²) in [6.45, 7) is 10.3. The highest BCUT2D eigenvalue weighted by atomic mass is 16.6. The van der Waals surface area contributed by atoms with Gasteiger partial charge in [-0.1, -0.05) is 12.5 Å². The highest BCUT2D eigenvalue weighted by molar-refractivity contribution is 5.94. The first-order valence-corrected chi connectivity index (χ1v) is 11.4. The monoisotopic (exact) mass is 450 g/mol. The van der Waals surface area contributed by atoms with Crippen LogP contribution in [0.15, 0.2) is 11.6 Å². The van der Waals surface area contributed by atoms with E-state index in [9.17, 15) is 19.5 Å². The Morgan fingerprint density at radius 2 is 1.75 bits per heavy atom. The molecule has 0 aromatic heterocycles. The number of esters is 2. The summed E-state index contributed by atoms with van der Waals surface area (Å²) in [7, 11) is 0. The molecule has 1 N–H and O–H groups in total. The molecule has 8 nitrogen and oxygen atoms in total. The van der Waals surface area contributed by atoms with E-state index >= 15 is 0 Å². The summed E-state index contributed by atoms with van der Waals surface area (Å²) in [4.78, 5) is 37.0. The quantitative estimate of drug-likeness (QED) is 0.636. The van der Waals surface area contributed by atoms with Crippen LogP contribution in [0.1, 0.15) is 54.4 Å². The van der Waals surface area contributed by atoms with Crippen molar-refractivity contribution in [1.29, 1.82) is 0 Å². The van der Waals surface area contributed by atoms with Crippen molar-refractivity contribution in [3.8, 4) is 0 Å². The van der Waals surface area contributed by atoms with Gasteiger partial charge < -0.3 is 24.1 Å². The second-order valence-corrected chi connectivity index (χ2v) is 10.5. The number of hydrogen-bond acceptors (Lipinski definition) is 8. The topological polar surface area (TPSA) is 108 Å². The van der Waals surface area contributed by atoms with Crippen LogP contribution < -0.4 is 0 Å². The minimum Gasteiger partial charge on any atom is -0.459 e. The standard InChI is InChI=1S/C24H34O8/c1-11-7-15(27)19-12(2)10-29-24(6)18(31-14(4)26)8-17(30-13(3)25)23(5,28)9-16-20(11)21(19)22(24)32-16/h7,12,16-22,28H,8-10H2,1-6H3/t12?,16?,17?,18-,19?,20?,21?,22?,23?,24-/m1/s1. The molecule has 178 valence electrons. The molecule has 4 aliphatic rings. The second kappa shape index (κ2) is 7.92. The van der Waals surface area contributed by atoms with Crippen molar-refractivity contribution >= 4 is 17.7 Å². The molecule has 3 aliphatic heterocycles. The molecule has 3 saturated heterocycles. The molecule has 3 fully saturated rings. The highest BCUT2D eigenvalue weighted by Gasteiger charge is 2.65. The second-order valence-electron chi connectivity index (χ2n) is 10.5. The maximum atomic E-state index is 13.1. The molecule has 0 aromatic rings. The molecule has 8 heteroatoms. The predicted octanol–water partition coefficient (Wildman–Crippen LogP) is 1.96. The minimum atomic E-state index is -1.43. The van der Waals surface area contributed by atoms with Crippen LogP contribution in [0.5, 0.6) is 0 Å². The van der Waals surface area contributed by atoms with E-state index in [1.54, 1.807) is 13.0 Å². The van der Waals surface area contributed by atoms with E-state index in [0.29, 0.717) is 6.61 Å². The summed E-state index contributed by atoms with van der Waals surface area (Å²) < 4.78 is 24.3. The summed E-state index contributed by atoms with van der Waals surface area (Å²) in [6.07, 6.45) is -0.689. The Kier molecular flexibility index (Phi) is 5.79. The van der Waals surface area contributed by atoms with E-state index in [1.165, 1.54) is 13.8 Å². The Morgan fingerprint density at radius 1 is 1.12 bits per heavy atom. The Bertz CT molecular complexity index is 847. The molecular weight excluding hydrogens is 416 g/mol. The van der Waals surface area contributed by atoms with Gasteiger partial charge in [0.2, 0.25) is 0 Å². The number of aliphatic hydroxyl groups is 1. The molecule has 0 aromatic carbocycles. The van der Waals surface area contributed by atoms with E-state index < -0.39 is 47.6 Å². The van der Waals surface area contributed by atoms with E-state index in [2.05, 4.69) is 0 Å². The lowest BCUT2D eigenvalue weighted by Gasteiger charge is -2.44. The third kappa shape index (κ3) is 3.70. The molecule has 10 atom stereocenters. The van der Waals surface area contributed by atoms with Gasteiger partial charge in [-0.05, 0) is 32.8 Å². The number of allylic oxidation sites excluding steroid dienone is 1. The Labute approximate surface area is 188 Å². The number of carbonyl (C=O) groups excluding carboxylic acids is 3. The summed E-state index contributed by atoms with van der Waals surface area (Å²) in [5, 5.41) is 11.5. The van der Waals surface area contributed by atoms with Crippen LogP contribution in [0.25, 0.3) is 0 Å². The van der Waals surface area contributed by atoms with Gasteiger partial charge in [0.05, 0.1) is 18.8 Å². The zero-order valence-electron chi connectivity index (χ0n) is 19.6. The average molecular weight is 451 g/mol. The molecule has 1 aliphatic carbocycles. The van der Waals surface area contributed by atoms with Gasteiger partial charge in [-0.15, -0.1) is 0 Å². The zero-order valence-corrected chi connectivity index (χ0v) is 19.6. The third-order valence-corrected chi connectivity index (χ3v) is 7.95. The highest BCUT2D eigenvalue weighted by Crippen LogP contribution is 2.56. The summed E-state index contributed by atoms with van der Waals surface area (Å²) >= 11 is 0. The Hall–Kier alpha value is -1.77. The molecule has 3 heterocycles. The SMILES string of the molecule is CC(=O)OC1C[C@@H](OC(C)=O)[C@@]2(C)OCC(C)C3C(=O)C=C(C)C4C(CC1(C)O)OC2C34. The van der Waals surface area contributed by atoms with Gasteiger partial charge >= 0.3 is 11.9 Å². The smallest absolute Gasteiger partial charge is 0.303 e. The molecular formula is C24H34O8. The molecule has 0 amide bonds. The van der Waals surface area contributed by atoms with Crippen LogP contribution in [-0.2, 0) is 33.3 Å². The molecule has 0 saturated carbocycles. The lowest BCUT2D eigenvalue weighted by molar-refractivity contribution is -0.207. The minimum absolute atomic E-state index is 0.0467. The van der Waals surface area contributed by atoms with E-state index in [0.717, 1.165) is 5.57 Å². The van der Waals surface area contributed by atoms with Crippen LogP contribution in [0.3, 0.4) is 0 Å². The first-order chi connectivity index (χ1) is 14.8. The number of ketones is 1. The van der Waals surface area contributed by atoms with Crippen LogP contribution in [0.2, 0.25) is 0 Å². The van der Waals surface area contributed by atoms with Gasteiger partial charge in [0, 0.05) is 44.4 Å². The number of carbonyl (C=O) groups is 3. The fraction of sp³-hybridized carbons (Fsp3) is 0.792. The molecule has 4 rings (SSSR count). The summed E-state index contributed by atoms with van der Waals surface area (Å²) in [5.41, 5.74) is -1.59. The van der Waals surface area contributed by atoms with E-state index in [4.69, 9.17) is 18.9 Å². The molecule has 0 radical (unpaired) electrons. The molecule has 8 unspecified atom stereocenters.